The number of carboxylic acid groups (broad SMARTS) is 1. The summed E-state index contributed by atoms with van der Waals surface area (Å²) < 4.78 is 40.7. The Kier molecular flexibility index (Phi) is 2.78. The summed E-state index contributed by atoms with van der Waals surface area (Å²) in [4.78, 5) is 10.3. The van der Waals surface area contributed by atoms with E-state index in [0.29, 0.717) is 0 Å². The molecule has 0 saturated heterocycles. The second kappa shape index (κ2) is 3.69. The number of halogens is 3. The van der Waals surface area contributed by atoms with Crippen molar-refractivity contribution in [2.75, 3.05) is 0 Å². The average Bonchev–Trinajstić information content (AvgIpc) is 2.48. The Morgan fingerprint density at radius 1 is 1.64 bits per heavy atom. The zero-order valence-corrected chi connectivity index (χ0v) is 6.78. The second-order valence-corrected chi connectivity index (χ2v) is 2.63. The van der Waals surface area contributed by atoms with Gasteiger partial charge in [-0.1, -0.05) is 5.16 Å². The molecule has 0 radical (unpaired) electrons. The fraction of sp³-hybridized carbons (Fsp3) is 0.429. The molecule has 7 heteroatoms. The first-order valence-electron chi connectivity index (χ1n) is 3.60. The highest BCUT2D eigenvalue weighted by atomic mass is 19.4. The van der Waals surface area contributed by atoms with Crippen LogP contribution in [0.3, 0.4) is 0 Å². The van der Waals surface area contributed by atoms with Gasteiger partial charge in [-0.15, -0.1) is 0 Å². The van der Waals surface area contributed by atoms with E-state index in [1.807, 2.05) is 0 Å². The zero-order valence-electron chi connectivity index (χ0n) is 6.78. The van der Waals surface area contributed by atoms with Crippen LogP contribution in [0, 0.1) is 5.92 Å². The molecule has 1 rings (SSSR count). The fourth-order valence-electron chi connectivity index (χ4n) is 0.895. The van der Waals surface area contributed by atoms with Crippen molar-refractivity contribution in [2.45, 2.75) is 12.6 Å². The number of hydrogen-bond acceptors (Lipinski definition) is 3. The molecule has 0 aromatic carbocycles. The molecular weight excluding hydrogens is 203 g/mol. The number of nitrogens with zero attached hydrogens (tertiary/aromatic N) is 1. The summed E-state index contributed by atoms with van der Waals surface area (Å²) in [7, 11) is 0. The van der Waals surface area contributed by atoms with Crippen LogP contribution < -0.4 is 0 Å². The van der Waals surface area contributed by atoms with Crippen molar-refractivity contribution in [2.24, 2.45) is 5.92 Å². The molecule has 0 spiro atoms. The van der Waals surface area contributed by atoms with Crippen LogP contribution in [0.2, 0.25) is 0 Å². The van der Waals surface area contributed by atoms with E-state index >= 15 is 0 Å². The maximum Gasteiger partial charge on any atom is 0.402 e. The second-order valence-electron chi connectivity index (χ2n) is 2.63. The van der Waals surface area contributed by atoms with Gasteiger partial charge in [0.2, 0.25) is 0 Å². The fourth-order valence-corrected chi connectivity index (χ4v) is 0.895. The van der Waals surface area contributed by atoms with E-state index in [9.17, 15) is 18.0 Å². The van der Waals surface area contributed by atoms with Crippen LogP contribution in [-0.4, -0.2) is 22.4 Å². The number of carboxylic acids is 1. The Morgan fingerprint density at radius 2 is 2.29 bits per heavy atom. The third-order valence-corrected chi connectivity index (χ3v) is 1.60. The molecule has 0 aliphatic carbocycles. The highest BCUT2D eigenvalue weighted by Gasteiger charge is 2.45. The number of aromatic nitrogens is 1. The first kappa shape index (κ1) is 10.6. The van der Waals surface area contributed by atoms with E-state index in [4.69, 9.17) is 5.11 Å². The smallest absolute Gasteiger partial charge is 0.402 e. The van der Waals surface area contributed by atoms with Gasteiger partial charge in [-0.25, -0.2) is 0 Å². The van der Waals surface area contributed by atoms with Gasteiger partial charge >= 0.3 is 12.1 Å². The summed E-state index contributed by atoms with van der Waals surface area (Å²) in [6, 6.07) is 1.20. The summed E-state index contributed by atoms with van der Waals surface area (Å²) in [5, 5.41) is 11.5. The molecule has 1 unspecified atom stereocenters. The molecule has 4 nitrogen and oxygen atoms in total. The maximum absolute atomic E-state index is 12.1. The molecule has 0 aliphatic heterocycles. The average molecular weight is 209 g/mol. The van der Waals surface area contributed by atoms with Gasteiger partial charge in [0, 0.05) is 12.5 Å². The van der Waals surface area contributed by atoms with Crippen molar-refractivity contribution in [1.82, 2.24) is 5.16 Å². The third kappa shape index (κ3) is 2.48. The molecule has 1 atom stereocenters. The van der Waals surface area contributed by atoms with Crippen LogP contribution in [-0.2, 0) is 11.2 Å². The van der Waals surface area contributed by atoms with E-state index in [1.165, 1.54) is 6.07 Å². The van der Waals surface area contributed by atoms with Crippen molar-refractivity contribution in [3.63, 3.8) is 0 Å². The molecule has 14 heavy (non-hydrogen) atoms. The zero-order chi connectivity index (χ0) is 10.8. The highest BCUT2D eigenvalue weighted by molar-refractivity contribution is 5.71. The Morgan fingerprint density at radius 3 is 2.64 bits per heavy atom. The number of alkyl halides is 3. The van der Waals surface area contributed by atoms with E-state index < -0.39 is 24.5 Å². The van der Waals surface area contributed by atoms with Gasteiger partial charge in [-0.05, 0) is 0 Å². The summed E-state index contributed by atoms with van der Waals surface area (Å²) in [6.45, 7) is 0. The molecule has 1 aromatic heterocycles. The molecule has 0 amide bonds. The predicted molar refractivity (Wildman–Crippen MR) is 37.4 cm³/mol. The lowest BCUT2D eigenvalue weighted by Gasteiger charge is -2.13. The van der Waals surface area contributed by atoms with Gasteiger partial charge in [-0.2, -0.15) is 13.2 Å². The van der Waals surface area contributed by atoms with Gasteiger partial charge in [0.25, 0.3) is 0 Å². The predicted octanol–water partition coefficient (Wildman–Crippen LogP) is 1.48. The normalized spacial score (nSPS) is 13.9. The Labute approximate surface area is 76.3 Å². The first-order valence-corrected chi connectivity index (χ1v) is 3.60. The topological polar surface area (TPSA) is 63.3 Å². The summed E-state index contributed by atoms with van der Waals surface area (Å²) in [5.74, 6) is -4.35. The number of rotatable bonds is 3. The quantitative estimate of drug-likeness (QED) is 0.818. The molecule has 1 heterocycles. The van der Waals surface area contributed by atoms with E-state index in [1.54, 1.807) is 0 Å². The number of carbonyl (C=O) groups is 1. The van der Waals surface area contributed by atoms with Crippen LogP contribution in [0.4, 0.5) is 13.2 Å². The van der Waals surface area contributed by atoms with Gasteiger partial charge in [0.05, 0.1) is 5.69 Å². The highest BCUT2D eigenvalue weighted by Crippen LogP contribution is 2.28. The van der Waals surface area contributed by atoms with E-state index in [0.717, 1.165) is 6.26 Å². The van der Waals surface area contributed by atoms with Gasteiger partial charge in [0.15, 0.2) is 5.92 Å². The molecular formula is C7H6F3NO3. The van der Waals surface area contributed by atoms with Crippen LogP contribution in [0.5, 0.6) is 0 Å². The standard InChI is InChI=1S/C7H6F3NO3/c8-7(9,10)5(6(12)13)3-4-1-2-14-11-4/h1-2,5H,3H2,(H,12,13). The van der Waals surface area contributed by atoms with Crippen LogP contribution in [0.1, 0.15) is 5.69 Å². The van der Waals surface area contributed by atoms with Crippen molar-refractivity contribution in [1.29, 1.82) is 0 Å². The van der Waals surface area contributed by atoms with Crippen LogP contribution in [0.25, 0.3) is 0 Å². The third-order valence-electron chi connectivity index (χ3n) is 1.60. The summed E-state index contributed by atoms with van der Waals surface area (Å²) in [6.07, 6.45) is -4.40. The molecule has 78 valence electrons. The van der Waals surface area contributed by atoms with Crippen LogP contribution >= 0.6 is 0 Å². The molecule has 0 aliphatic rings. The first-order chi connectivity index (χ1) is 6.41. The maximum atomic E-state index is 12.1. The molecule has 0 fully saturated rings. The van der Waals surface area contributed by atoms with Crippen molar-refractivity contribution in [3.05, 3.63) is 18.0 Å². The minimum atomic E-state index is -4.77. The molecule has 1 N–H and O–H groups in total. The van der Waals surface area contributed by atoms with E-state index in [-0.39, 0.29) is 5.69 Å². The lowest BCUT2D eigenvalue weighted by molar-refractivity contribution is -0.193. The van der Waals surface area contributed by atoms with Gasteiger partial charge < -0.3 is 9.63 Å². The number of aliphatic carboxylic acids is 1. The van der Waals surface area contributed by atoms with Crippen molar-refractivity contribution >= 4 is 5.97 Å². The van der Waals surface area contributed by atoms with Crippen molar-refractivity contribution < 1.29 is 27.6 Å². The number of hydrogen-bond donors (Lipinski definition) is 1. The summed E-state index contributed by atoms with van der Waals surface area (Å²) >= 11 is 0. The Hall–Kier alpha value is -1.53. The lowest BCUT2D eigenvalue weighted by atomic mass is 10.0. The van der Waals surface area contributed by atoms with Crippen molar-refractivity contribution in [3.8, 4) is 0 Å². The van der Waals surface area contributed by atoms with E-state index in [2.05, 4.69) is 9.68 Å². The van der Waals surface area contributed by atoms with Gasteiger partial charge in [-0.3, -0.25) is 4.79 Å². The molecule has 0 saturated carbocycles. The van der Waals surface area contributed by atoms with Crippen LogP contribution in [0.15, 0.2) is 16.9 Å². The SMILES string of the molecule is O=C(O)C(Cc1ccon1)C(F)(F)F. The van der Waals surface area contributed by atoms with Gasteiger partial charge in [0.1, 0.15) is 6.26 Å². The molecule has 1 aromatic rings. The lowest BCUT2D eigenvalue weighted by Crippen LogP contribution is -2.32. The largest absolute Gasteiger partial charge is 0.481 e. The Balaban J connectivity index is 2.76. The summed E-state index contributed by atoms with van der Waals surface area (Å²) in [5.41, 5.74) is -0.0327. The monoisotopic (exact) mass is 209 g/mol. The minimum Gasteiger partial charge on any atom is -0.481 e. The molecule has 0 bridgehead atoms. The Bertz CT molecular complexity index is 306. The minimum absolute atomic E-state index is 0.0327.